The zero-order valence-corrected chi connectivity index (χ0v) is 28.2. The molecular weight excluding hydrogens is 562 g/mol. The van der Waals surface area contributed by atoms with E-state index in [1.807, 2.05) is 44.4 Å². The van der Waals surface area contributed by atoms with E-state index in [9.17, 15) is 14.4 Å². The summed E-state index contributed by atoms with van der Waals surface area (Å²) in [6.07, 6.45) is 5.05. The van der Waals surface area contributed by atoms with E-state index in [1.165, 1.54) is 12.8 Å². The summed E-state index contributed by atoms with van der Waals surface area (Å²) in [6.45, 7) is 14.4. The van der Waals surface area contributed by atoms with E-state index in [0.717, 1.165) is 19.5 Å². The van der Waals surface area contributed by atoms with Crippen LogP contribution >= 0.6 is 0 Å². The maximum atomic E-state index is 14.1. The minimum atomic E-state index is -0.685. The zero-order chi connectivity index (χ0) is 32.4. The molecule has 0 aromatic heterocycles. The molecule has 2 unspecified atom stereocenters. The molecule has 1 aromatic rings. The van der Waals surface area contributed by atoms with Crippen LogP contribution in [0.1, 0.15) is 96.8 Å². The van der Waals surface area contributed by atoms with Crippen molar-refractivity contribution in [3.8, 4) is 11.5 Å². The Kier molecular flexibility index (Phi) is 13.2. The van der Waals surface area contributed by atoms with Crippen LogP contribution in [-0.4, -0.2) is 103 Å². The highest BCUT2D eigenvalue weighted by Gasteiger charge is 2.40. The second-order valence-electron chi connectivity index (χ2n) is 13.4. The van der Waals surface area contributed by atoms with Crippen LogP contribution in [0.4, 0.5) is 4.79 Å². The minimum Gasteiger partial charge on any atom is -0.493 e. The molecule has 248 valence electrons. The number of methoxy groups -OCH3 is 2. The summed E-state index contributed by atoms with van der Waals surface area (Å²) in [5.74, 6) is 1.59. The fourth-order valence-electron chi connectivity index (χ4n) is 5.80. The molecule has 44 heavy (non-hydrogen) atoms. The zero-order valence-electron chi connectivity index (χ0n) is 28.2. The van der Waals surface area contributed by atoms with E-state index in [1.54, 1.807) is 37.3 Å². The Bertz CT molecular complexity index is 1100. The van der Waals surface area contributed by atoms with E-state index >= 15 is 0 Å². The van der Waals surface area contributed by atoms with Crippen molar-refractivity contribution in [1.82, 2.24) is 14.7 Å². The highest BCUT2D eigenvalue weighted by molar-refractivity contribution is 5.95. The number of carbonyl (C=O) groups excluding carboxylic acids is 3. The third-order valence-corrected chi connectivity index (χ3v) is 8.09. The van der Waals surface area contributed by atoms with E-state index < -0.39 is 11.7 Å². The number of ether oxygens (including phenoxy) is 4. The maximum Gasteiger partial charge on any atom is 0.410 e. The smallest absolute Gasteiger partial charge is 0.410 e. The van der Waals surface area contributed by atoms with E-state index in [0.29, 0.717) is 62.0 Å². The summed E-state index contributed by atoms with van der Waals surface area (Å²) >= 11 is 0. The number of piperidine rings is 1. The lowest BCUT2D eigenvalue weighted by Crippen LogP contribution is -2.58. The number of nitrogens with zero attached hydrogens (tertiary/aromatic N) is 3. The topological polar surface area (TPSA) is 97.9 Å². The van der Waals surface area contributed by atoms with Crippen molar-refractivity contribution in [2.75, 3.05) is 47.1 Å². The molecule has 2 atom stereocenters. The van der Waals surface area contributed by atoms with Gasteiger partial charge >= 0.3 is 6.09 Å². The molecule has 10 nitrogen and oxygen atoms in total. The van der Waals surface area contributed by atoms with Crippen molar-refractivity contribution < 1.29 is 33.3 Å². The normalized spacial score (nSPS) is 18.6. The maximum absolute atomic E-state index is 14.1. The number of benzene rings is 1. The standard InChI is InChI=1S/C34H55N3O7/c1-9-17-35(22-25-11-12-25)31(38)21-27-14-15-28(23-36(27)33(40)44-34(4,5)6)37(24(2)3)32(39)26-13-16-29(42-8)30(20-26)43-19-10-18-41-7/h13,16,20,24-25,27-28H,9-12,14-15,17-19,21-23H2,1-8H3. The summed E-state index contributed by atoms with van der Waals surface area (Å²) in [4.78, 5) is 46.6. The first kappa shape index (κ1) is 35.5. The summed E-state index contributed by atoms with van der Waals surface area (Å²) in [5, 5.41) is 0. The number of likely N-dealkylation sites (tertiary alicyclic amines) is 1. The molecule has 0 N–H and O–H groups in total. The van der Waals surface area contributed by atoms with Gasteiger partial charge in [-0.1, -0.05) is 6.92 Å². The number of hydrogen-bond donors (Lipinski definition) is 0. The first-order chi connectivity index (χ1) is 20.9. The van der Waals surface area contributed by atoms with Crippen LogP contribution in [0.5, 0.6) is 11.5 Å². The monoisotopic (exact) mass is 617 g/mol. The van der Waals surface area contributed by atoms with Crippen molar-refractivity contribution in [2.45, 2.75) is 110 Å². The summed E-state index contributed by atoms with van der Waals surface area (Å²) in [7, 11) is 3.22. The van der Waals surface area contributed by atoms with Gasteiger partial charge in [0.15, 0.2) is 11.5 Å². The van der Waals surface area contributed by atoms with Crippen molar-refractivity contribution in [2.24, 2.45) is 5.92 Å². The van der Waals surface area contributed by atoms with Gasteiger partial charge in [0, 0.05) is 63.8 Å². The fourth-order valence-corrected chi connectivity index (χ4v) is 5.80. The Balaban J connectivity index is 1.82. The van der Waals surface area contributed by atoms with Gasteiger partial charge in [-0.15, -0.1) is 0 Å². The van der Waals surface area contributed by atoms with Gasteiger partial charge in [-0.05, 0) is 90.8 Å². The molecule has 2 aliphatic rings. The van der Waals surface area contributed by atoms with Gasteiger partial charge in [-0.3, -0.25) is 9.59 Å². The van der Waals surface area contributed by atoms with Crippen LogP contribution in [0.15, 0.2) is 18.2 Å². The Hall–Kier alpha value is -3.01. The lowest BCUT2D eigenvalue weighted by atomic mass is 9.93. The predicted molar refractivity (Wildman–Crippen MR) is 170 cm³/mol. The second kappa shape index (κ2) is 16.3. The molecule has 1 aromatic carbocycles. The largest absolute Gasteiger partial charge is 0.493 e. The molecule has 0 radical (unpaired) electrons. The average Bonchev–Trinajstić information content (AvgIpc) is 3.78. The average molecular weight is 618 g/mol. The third kappa shape index (κ3) is 10.3. The van der Waals surface area contributed by atoms with E-state index in [4.69, 9.17) is 18.9 Å². The molecule has 10 heteroatoms. The van der Waals surface area contributed by atoms with Crippen molar-refractivity contribution >= 4 is 17.9 Å². The molecule has 1 aliphatic heterocycles. The Morgan fingerprint density at radius 1 is 1.02 bits per heavy atom. The van der Waals surface area contributed by atoms with Crippen LogP contribution in [0.3, 0.4) is 0 Å². The van der Waals surface area contributed by atoms with Crippen molar-refractivity contribution in [3.63, 3.8) is 0 Å². The number of rotatable bonds is 15. The Morgan fingerprint density at radius 2 is 1.75 bits per heavy atom. The molecule has 1 heterocycles. The van der Waals surface area contributed by atoms with Crippen LogP contribution < -0.4 is 9.47 Å². The van der Waals surface area contributed by atoms with Crippen LogP contribution in [-0.2, 0) is 14.3 Å². The Labute approximate surface area is 264 Å². The third-order valence-electron chi connectivity index (χ3n) is 8.09. The Morgan fingerprint density at radius 3 is 2.34 bits per heavy atom. The second-order valence-corrected chi connectivity index (χ2v) is 13.4. The SMILES string of the molecule is CCCN(CC1CC1)C(=O)CC1CCC(N(C(=O)c2ccc(OC)c(OCCCOC)c2)C(C)C)CN1C(=O)OC(C)(C)C. The summed E-state index contributed by atoms with van der Waals surface area (Å²) in [5.41, 5.74) is -0.201. The van der Waals surface area contributed by atoms with Crippen LogP contribution in [0.25, 0.3) is 0 Å². The molecule has 3 amide bonds. The molecule has 3 rings (SSSR count). The summed E-state index contributed by atoms with van der Waals surface area (Å²) < 4.78 is 22.3. The quantitative estimate of drug-likeness (QED) is 0.231. The van der Waals surface area contributed by atoms with Gasteiger partial charge in [-0.25, -0.2) is 4.79 Å². The lowest BCUT2D eigenvalue weighted by molar-refractivity contribution is -0.133. The highest BCUT2D eigenvalue weighted by Crippen LogP contribution is 2.33. The highest BCUT2D eigenvalue weighted by atomic mass is 16.6. The molecule has 1 saturated heterocycles. The van der Waals surface area contributed by atoms with Gasteiger partial charge in [0.1, 0.15) is 5.60 Å². The van der Waals surface area contributed by atoms with Gasteiger partial charge in [-0.2, -0.15) is 0 Å². The first-order valence-electron chi connectivity index (χ1n) is 16.3. The summed E-state index contributed by atoms with van der Waals surface area (Å²) in [6, 6.07) is 4.56. The van der Waals surface area contributed by atoms with Crippen molar-refractivity contribution in [1.29, 1.82) is 0 Å². The molecular formula is C34H55N3O7. The number of hydrogen-bond acceptors (Lipinski definition) is 7. The lowest BCUT2D eigenvalue weighted by Gasteiger charge is -2.45. The first-order valence-corrected chi connectivity index (χ1v) is 16.3. The van der Waals surface area contributed by atoms with Gasteiger partial charge in [0.25, 0.3) is 5.91 Å². The van der Waals surface area contributed by atoms with Crippen LogP contribution in [0.2, 0.25) is 0 Å². The molecule has 2 fully saturated rings. The molecule has 1 saturated carbocycles. The van der Waals surface area contributed by atoms with E-state index in [-0.39, 0.29) is 36.4 Å². The fraction of sp³-hybridized carbons (Fsp3) is 0.735. The molecule has 0 bridgehead atoms. The molecule has 0 spiro atoms. The molecule has 1 aliphatic carbocycles. The van der Waals surface area contributed by atoms with E-state index in [2.05, 4.69) is 6.92 Å². The van der Waals surface area contributed by atoms with Gasteiger partial charge in [0.2, 0.25) is 5.91 Å². The number of carbonyl (C=O) groups is 3. The number of amides is 3. The van der Waals surface area contributed by atoms with Gasteiger partial charge in [0.05, 0.1) is 19.8 Å². The van der Waals surface area contributed by atoms with Crippen LogP contribution in [0, 0.1) is 5.92 Å². The van der Waals surface area contributed by atoms with Gasteiger partial charge < -0.3 is 33.6 Å². The predicted octanol–water partition coefficient (Wildman–Crippen LogP) is 5.77. The minimum absolute atomic E-state index is 0.0869. The van der Waals surface area contributed by atoms with Crippen molar-refractivity contribution in [3.05, 3.63) is 23.8 Å².